The molecule has 0 fully saturated rings. The highest BCUT2D eigenvalue weighted by Crippen LogP contribution is 2.05. The molecule has 0 aliphatic carbocycles. The van der Waals surface area contributed by atoms with E-state index in [0.29, 0.717) is 18.3 Å². The summed E-state index contributed by atoms with van der Waals surface area (Å²) in [5.74, 6) is 0.820. The SMILES string of the molecule is C/C=C/COc1cncc(N)n1. The lowest BCUT2D eigenvalue weighted by Crippen LogP contribution is -1.98. The fraction of sp³-hybridized carbons (Fsp3) is 0.250. The molecule has 0 amide bonds. The summed E-state index contributed by atoms with van der Waals surface area (Å²) in [6.45, 7) is 2.42. The minimum atomic E-state index is 0.368. The molecule has 1 rings (SSSR count). The molecular formula is C8H11N3O. The molecule has 0 aliphatic heterocycles. The lowest BCUT2D eigenvalue weighted by Gasteiger charge is -2.00. The highest BCUT2D eigenvalue weighted by Gasteiger charge is 1.93. The minimum Gasteiger partial charge on any atom is -0.472 e. The molecule has 0 bridgehead atoms. The van der Waals surface area contributed by atoms with Gasteiger partial charge in [0, 0.05) is 0 Å². The third-order valence-corrected chi connectivity index (χ3v) is 1.19. The summed E-state index contributed by atoms with van der Waals surface area (Å²) in [4.78, 5) is 7.73. The van der Waals surface area contributed by atoms with Crippen molar-refractivity contribution in [3.63, 3.8) is 0 Å². The van der Waals surface area contributed by atoms with Crippen LogP contribution in [0.2, 0.25) is 0 Å². The van der Waals surface area contributed by atoms with Crippen molar-refractivity contribution in [1.29, 1.82) is 0 Å². The Bertz CT molecular complexity index is 273. The van der Waals surface area contributed by atoms with Crippen LogP contribution in [0.25, 0.3) is 0 Å². The molecule has 0 aliphatic rings. The molecule has 1 aromatic rings. The lowest BCUT2D eigenvalue weighted by molar-refractivity contribution is 0.347. The first-order valence-corrected chi connectivity index (χ1v) is 3.64. The lowest BCUT2D eigenvalue weighted by atomic mass is 10.5. The Morgan fingerprint density at radius 2 is 2.42 bits per heavy atom. The summed E-state index contributed by atoms with van der Waals surface area (Å²) in [5, 5.41) is 0. The minimum absolute atomic E-state index is 0.368. The number of nitrogen functional groups attached to an aromatic ring is 1. The Morgan fingerprint density at radius 3 is 3.08 bits per heavy atom. The Balaban J connectivity index is 2.52. The Morgan fingerprint density at radius 1 is 1.58 bits per heavy atom. The van der Waals surface area contributed by atoms with Crippen LogP contribution in [0.4, 0.5) is 5.82 Å². The molecule has 4 heteroatoms. The van der Waals surface area contributed by atoms with Crippen molar-refractivity contribution in [1.82, 2.24) is 9.97 Å². The molecule has 1 aromatic heterocycles. The predicted octanol–water partition coefficient (Wildman–Crippen LogP) is 1.01. The van der Waals surface area contributed by atoms with Gasteiger partial charge in [-0.2, -0.15) is 4.98 Å². The molecule has 0 saturated heterocycles. The number of allylic oxidation sites excluding steroid dienone is 1. The van der Waals surface area contributed by atoms with Gasteiger partial charge in [-0.25, -0.2) is 0 Å². The Kier molecular flexibility index (Phi) is 3.07. The van der Waals surface area contributed by atoms with Crippen LogP contribution in [-0.2, 0) is 0 Å². The molecule has 0 unspecified atom stereocenters. The number of nitrogens with two attached hydrogens (primary N) is 1. The van der Waals surface area contributed by atoms with Crippen LogP contribution in [0, 0.1) is 0 Å². The summed E-state index contributed by atoms with van der Waals surface area (Å²) in [7, 11) is 0. The van der Waals surface area contributed by atoms with Crippen LogP contribution in [0.3, 0.4) is 0 Å². The van der Waals surface area contributed by atoms with Gasteiger partial charge in [-0.3, -0.25) is 4.98 Å². The zero-order valence-corrected chi connectivity index (χ0v) is 6.90. The van der Waals surface area contributed by atoms with Gasteiger partial charge in [0.25, 0.3) is 0 Å². The summed E-state index contributed by atoms with van der Waals surface area (Å²) >= 11 is 0. The van der Waals surface area contributed by atoms with Crippen molar-refractivity contribution < 1.29 is 4.74 Å². The Hall–Kier alpha value is -1.58. The second-order valence-corrected chi connectivity index (χ2v) is 2.16. The van der Waals surface area contributed by atoms with Crippen LogP contribution in [0.1, 0.15) is 6.92 Å². The van der Waals surface area contributed by atoms with Crippen LogP contribution in [0.15, 0.2) is 24.5 Å². The van der Waals surface area contributed by atoms with Gasteiger partial charge in [0.15, 0.2) is 0 Å². The maximum Gasteiger partial charge on any atom is 0.234 e. The molecule has 1 heterocycles. The van der Waals surface area contributed by atoms with E-state index in [0.717, 1.165) is 0 Å². The Labute approximate surface area is 71.1 Å². The molecule has 0 aromatic carbocycles. The fourth-order valence-corrected chi connectivity index (χ4v) is 0.662. The normalized spacial score (nSPS) is 10.4. The summed E-state index contributed by atoms with van der Waals surface area (Å²) in [6.07, 6.45) is 6.78. The van der Waals surface area contributed by atoms with Gasteiger partial charge in [0.2, 0.25) is 5.88 Å². The van der Waals surface area contributed by atoms with Gasteiger partial charge in [0.05, 0.1) is 12.4 Å². The van der Waals surface area contributed by atoms with E-state index in [1.807, 2.05) is 19.1 Å². The molecule has 2 N–H and O–H groups in total. The van der Waals surface area contributed by atoms with Crippen molar-refractivity contribution in [3.8, 4) is 5.88 Å². The fourth-order valence-electron chi connectivity index (χ4n) is 0.662. The largest absolute Gasteiger partial charge is 0.472 e. The van der Waals surface area contributed by atoms with E-state index in [9.17, 15) is 0 Å². The molecule has 4 nitrogen and oxygen atoms in total. The van der Waals surface area contributed by atoms with Crippen LogP contribution in [0.5, 0.6) is 5.88 Å². The standard InChI is InChI=1S/C8H11N3O/c1-2-3-4-12-8-6-10-5-7(9)11-8/h2-3,5-6H,4H2,1H3,(H2,9,11)/b3-2+. The van der Waals surface area contributed by atoms with Crippen molar-refractivity contribution >= 4 is 5.82 Å². The molecule has 12 heavy (non-hydrogen) atoms. The highest BCUT2D eigenvalue weighted by molar-refractivity contribution is 5.25. The van der Waals surface area contributed by atoms with Gasteiger partial charge >= 0.3 is 0 Å². The van der Waals surface area contributed by atoms with E-state index in [-0.39, 0.29) is 0 Å². The first kappa shape index (κ1) is 8.52. The van der Waals surface area contributed by atoms with E-state index in [2.05, 4.69) is 9.97 Å². The van der Waals surface area contributed by atoms with Gasteiger partial charge in [-0.1, -0.05) is 12.2 Å². The molecule has 0 saturated carbocycles. The van der Waals surface area contributed by atoms with Gasteiger partial charge in [-0.15, -0.1) is 0 Å². The zero-order valence-electron chi connectivity index (χ0n) is 6.90. The summed E-state index contributed by atoms with van der Waals surface area (Å²) in [5.41, 5.74) is 5.39. The van der Waals surface area contributed by atoms with Crippen molar-refractivity contribution in [2.45, 2.75) is 6.92 Å². The summed E-state index contributed by atoms with van der Waals surface area (Å²) < 4.78 is 5.19. The van der Waals surface area contributed by atoms with Gasteiger partial charge < -0.3 is 10.5 Å². The first-order valence-electron chi connectivity index (χ1n) is 3.64. The number of rotatable bonds is 3. The van der Waals surface area contributed by atoms with Crippen molar-refractivity contribution in [3.05, 3.63) is 24.5 Å². The highest BCUT2D eigenvalue weighted by atomic mass is 16.5. The number of ether oxygens (including phenoxy) is 1. The van der Waals surface area contributed by atoms with E-state index in [1.54, 1.807) is 0 Å². The second kappa shape index (κ2) is 4.33. The maximum absolute atomic E-state index is 5.39. The molecular weight excluding hydrogens is 154 g/mol. The van der Waals surface area contributed by atoms with Crippen molar-refractivity contribution in [2.24, 2.45) is 0 Å². The van der Waals surface area contributed by atoms with Crippen LogP contribution < -0.4 is 10.5 Å². The van der Waals surface area contributed by atoms with E-state index < -0.39 is 0 Å². The van der Waals surface area contributed by atoms with Gasteiger partial charge in [-0.05, 0) is 6.92 Å². The quantitative estimate of drug-likeness (QED) is 0.679. The van der Waals surface area contributed by atoms with E-state index in [4.69, 9.17) is 10.5 Å². The third kappa shape index (κ3) is 2.57. The molecule has 0 radical (unpaired) electrons. The van der Waals surface area contributed by atoms with Crippen LogP contribution >= 0.6 is 0 Å². The molecule has 64 valence electrons. The zero-order chi connectivity index (χ0) is 8.81. The van der Waals surface area contributed by atoms with E-state index in [1.165, 1.54) is 12.4 Å². The summed E-state index contributed by atoms with van der Waals surface area (Å²) in [6, 6.07) is 0. The monoisotopic (exact) mass is 165 g/mol. The number of anilines is 1. The molecule has 0 atom stereocenters. The first-order chi connectivity index (χ1) is 5.83. The second-order valence-electron chi connectivity index (χ2n) is 2.16. The maximum atomic E-state index is 5.39. The number of aromatic nitrogens is 2. The van der Waals surface area contributed by atoms with Crippen LogP contribution in [-0.4, -0.2) is 16.6 Å². The number of nitrogens with zero attached hydrogens (tertiary/aromatic N) is 2. The average molecular weight is 165 g/mol. The van der Waals surface area contributed by atoms with Gasteiger partial charge in [0.1, 0.15) is 12.4 Å². The number of hydrogen-bond acceptors (Lipinski definition) is 4. The number of hydrogen-bond donors (Lipinski definition) is 1. The smallest absolute Gasteiger partial charge is 0.234 e. The topological polar surface area (TPSA) is 61.0 Å². The van der Waals surface area contributed by atoms with E-state index >= 15 is 0 Å². The third-order valence-electron chi connectivity index (χ3n) is 1.19. The molecule has 0 spiro atoms. The predicted molar refractivity (Wildman–Crippen MR) is 46.8 cm³/mol. The van der Waals surface area contributed by atoms with Crippen molar-refractivity contribution in [2.75, 3.05) is 12.3 Å². The average Bonchev–Trinajstić information content (AvgIpc) is 2.05.